The van der Waals surface area contributed by atoms with E-state index in [-0.39, 0.29) is 29.8 Å². The van der Waals surface area contributed by atoms with Gasteiger partial charge in [-0.3, -0.25) is 4.79 Å². The average molecular weight is 455 g/mol. The third-order valence-corrected chi connectivity index (χ3v) is 6.04. The Labute approximate surface area is 168 Å². The molecule has 1 amide bonds. The molecule has 0 aromatic heterocycles. The quantitative estimate of drug-likeness (QED) is 0.607. The summed E-state index contributed by atoms with van der Waals surface area (Å²) in [7, 11) is -3.67. The Bertz CT molecular complexity index is 870. The Morgan fingerprint density at radius 3 is 2.44 bits per heavy atom. The fourth-order valence-corrected chi connectivity index (χ4v) is 4.14. The van der Waals surface area contributed by atoms with E-state index < -0.39 is 10.0 Å². The molecule has 0 spiro atoms. The fourth-order valence-electron chi connectivity index (χ4n) is 2.48. The normalized spacial score (nSPS) is 12.4. The van der Waals surface area contributed by atoms with E-state index >= 15 is 0 Å². The molecule has 2 aromatic carbocycles. The molecular formula is C19H23BrN2O4S. The van der Waals surface area contributed by atoms with E-state index in [1.807, 2.05) is 38.1 Å². The molecule has 0 aliphatic rings. The Hall–Kier alpha value is -1.90. The van der Waals surface area contributed by atoms with Gasteiger partial charge in [0.2, 0.25) is 15.9 Å². The minimum atomic E-state index is -3.67. The molecule has 146 valence electrons. The third-order valence-electron chi connectivity index (χ3n) is 3.84. The van der Waals surface area contributed by atoms with Crippen LogP contribution in [0.15, 0.2) is 57.9 Å². The molecule has 1 unspecified atom stereocenters. The van der Waals surface area contributed by atoms with Crippen molar-refractivity contribution in [3.8, 4) is 5.75 Å². The van der Waals surface area contributed by atoms with Crippen LogP contribution < -0.4 is 14.8 Å². The van der Waals surface area contributed by atoms with E-state index in [9.17, 15) is 13.2 Å². The van der Waals surface area contributed by atoms with Crippen LogP contribution in [0.4, 0.5) is 0 Å². The molecule has 0 saturated heterocycles. The van der Waals surface area contributed by atoms with E-state index in [1.165, 1.54) is 12.1 Å². The van der Waals surface area contributed by atoms with Crippen molar-refractivity contribution in [2.45, 2.75) is 31.2 Å². The first-order chi connectivity index (χ1) is 12.8. The van der Waals surface area contributed by atoms with Crippen LogP contribution in [0.25, 0.3) is 0 Å². The van der Waals surface area contributed by atoms with Crippen molar-refractivity contribution in [2.75, 3.05) is 13.2 Å². The molecule has 27 heavy (non-hydrogen) atoms. The van der Waals surface area contributed by atoms with Gasteiger partial charge in [-0.2, -0.15) is 0 Å². The zero-order valence-electron chi connectivity index (χ0n) is 15.2. The molecule has 2 N–H and O–H groups in total. The highest BCUT2D eigenvalue weighted by Gasteiger charge is 2.16. The molecule has 2 aromatic rings. The zero-order chi connectivity index (χ0) is 19.9. The maximum absolute atomic E-state index is 12.3. The lowest BCUT2D eigenvalue weighted by Crippen LogP contribution is -2.32. The second kappa shape index (κ2) is 9.87. The van der Waals surface area contributed by atoms with Gasteiger partial charge in [-0.25, -0.2) is 13.1 Å². The molecule has 6 nitrogen and oxygen atoms in total. The molecule has 1 atom stereocenters. The summed E-state index contributed by atoms with van der Waals surface area (Å²) in [5, 5.41) is 2.86. The molecule has 0 aliphatic heterocycles. The zero-order valence-corrected chi connectivity index (χ0v) is 17.6. The van der Waals surface area contributed by atoms with E-state index in [0.717, 1.165) is 10.0 Å². The summed E-state index contributed by atoms with van der Waals surface area (Å²) in [4.78, 5) is 12.2. The molecule has 0 bridgehead atoms. The summed E-state index contributed by atoms with van der Waals surface area (Å²) in [6.07, 6.45) is 0.0467. The van der Waals surface area contributed by atoms with Crippen molar-refractivity contribution in [1.82, 2.24) is 10.0 Å². The lowest BCUT2D eigenvalue weighted by Gasteiger charge is -2.16. The lowest BCUT2D eigenvalue weighted by molar-refractivity contribution is -0.121. The maximum atomic E-state index is 12.3. The fraction of sp³-hybridized carbons (Fsp3) is 0.316. The van der Waals surface area contributed by atoms with Gasteiger partial charge in [0.15, 0.2) is 0 Å². The van der Waals surface area contributed by atoms with E-state index in [4.69, 9.17) is 4.74 Å². The summed E-state index contributed by atoms with van der Waals surface area (Å²) in [5.74, 6) is 0.379. The number of hydrogen-bond donors (Lipinski definition) is 2. The third kappa shape index (κ3) is 6.34. The number of sulfonamides is 1. The van der Waals surface area contributed by atoms with Crippen LogP contribution in [0.2, 0.25) is 0 Å². The van der Waals surface area contributed by atoms with E-state index in [1.54, 1.807) is 12.1 Å². The van der Waals surface area contributed by atoms with Gasteiger partial charge in [0.25, 0.3) is 0 Å². The predicted molar refractivity (Wildman–Crippen MR) is 108 cm³/mol. The molecule has 0 radical (unpaired) electrons. The first-order valence-electron chi connectivity index (χ1n) is 8.60. The van der Waals surface area contributed by atoms with Crippen LogP contribution in [0.1, 0.15) is 31.9 Å². The lowest BCUT2D eigenvalue weighted by atomic mass is 10.1. The SMILES string of the molecule is CCOc1ccc(S(=O)(=O)NCCC(=O)NC(C)c2ccccc2Br)cc1. The molecule has 0 saturated carbocycles. The average Bonchev–Trinajstić information content (AvgIpc) is 2.62. The Morgan fingerprint density at radius 1 is 1.15 bits per heavy atom. The van der Waals surface area contributed by atoms with E-state index in [0.29, 0.717) is 12.4 Å². The van der Waals surface area contributed by atoms with Gasteiger partial charge >= 0.3 is 0 Å². The van der Waals surface area contributed by atoms with Crippen LogP contribution >= 0.6 is 15.9 Å². The summed E-state index contributed by atoms with van der Waals surface area (Å²) >= 11 is 3.45. The van der Waals surface area contributed by atoms with Crippen molar-refractivity contribution < 1.29 is 17.9 Å². The van der Waals surface area contributed by atoms with Gasteiger partial charge in [0.1, 0.15) is 5.75 Å². The van der Waals surface area contributed by atoms with Gasteiger partial charge in [0, 0.05) is 17.4 Å². The van der Waals surface area contributed by atoms with Crippen molar-refractivity contribution >= 4 is 31.9 Å². The number of nitrogens with one attached hydrogen (secondary N) is 2. The van der Waals surface area contributed by atoms with Gasteiger partial charge in [-0.15, -0.1) is 0 Å². The number of ether oxygens (including phenoxy) is 1. The Morgan fingerprint density at radius 2 is 1.81 bits per heavy atom. The van der Waals surface area contributed by atoms with Crippen molar-refractivity contribution in [3.05, 3.63) is 58.6 Å². The molecular weight excluding hydrogens is 432 g/mol. The minimum Gasteiger partial charge on any atom is -0.494 e. The number of hydrogen-bond acceptors (Lipinski definition) is 4. The minimum absolute atomic E-state index is 0.0179. The number of carbonyl (C=O) groups is 1. The van der Waals surface area contributed by atoms with Gasteiger partial charge in [0.05, 0.1) is 17.5 Å². The number of benzene rings is 2. The number of carbonyl (C=O) groups excluding carboxylic acids is 1. The highest BCUT2D eigenvalue weighted by Crippen LogP contribution is 2.22. The monoisotopic (exact) mass is 454 g/mol. The first kappa shape index (κ1) is 21.4. The van der Waals surface area contributed by atoms with Crippen molar-refractivity contribution in [1.29, 1.82) is 0 Å². The van der Waals surface area contributed by atoms with Crippen molar-refractivity contribution in [2.24, 2.45) is 0 Å². The van der Waals surface area contributed by atoms with Crippen LogP contribution in [0.3, 0.4) is 0 Å². The van der Waals surface area contributed by atoms with Crippen LogP contribution in [0, 0.1) is 0 Å². The maximum Gasteiger partial charge on any atom is 0.240 e. The first-order valence-corrected chi connectivity index (χ1v) is 10.9. The predicted octanol–water partition coefficient (Wildman–Crippen LogP) is 3.39. The highest BCUT2D eigenvalue weighted by molar-refractivity contribution is 9.10. The standard InChI is InChI=1S/C19H23BrN2O4S/c1-3-26-15-8-10-16(11-9-15)27(24,25)21-13-12-19(23)22-14(2)17-6-4-5-7-18(17)20/h4-11,14,21H,3,12-13H2,1-2H3,(H,22,23). The summed E-state index contributed by atoms with van der Waals surface area (Å²) in [5.41, 5.74) is 0.959. The number of halogens is 1. The second-order valence-electron chi connectivity index (χ2n) is 5.86. The topological polar surface area (TPSA) is 84.5 Å². The van der Waals surface area contributed by atoms with Gasteiger partial charge in [-0.1, -0.05) is 34.1 Å². The molecule has 0 heterocycles. The largest absolute Gasteiger partial charge is 0.494 e. The van der Waals surface area contributed by atoms with Gasteiger partial charge in [-0.05, 0) is 49.7 Å². The van der Waals surface area contributed by atoms with E-state index in [2.05, 4.69) is 26.0 Å². The van der Waals surface area contributed by atoms with Crippen LogP contribution in [-0.4, -0.2) is 27.5 Å². The Balaban J connectivity index is 1.85. The molecule has 0 aliphatic carbocycles. The smallest absolute Gasteiger partial charge is 0.240 e. The molecule has 8 heteroatoms. The summed E-state index contributed by atoms with van der Waals surface area (Å²) in [6, 6.07) is 13.6. The van der Waals surface area contributed by atoms with Crippen LogP contribution in [0.5, 0.6) is 5.75 Å². The van der Waals surface area contributed by atoms with Crippen LogP contribution in [-0.2, 0) is 14.8 Å². The summed E-state index contributed by atoms with van der Waals surface area (Å²) < 4.78 is 33.2. The molecule has 0 fully saturated rings. The summed E-state index contributed by atoms with van der Waals surface area (Å²) in [6.45, 7) is 4.26. The molecule has 2 rings (SSSR count). The highest BCUT2D eigenvalue weighted by atomic mass is 79.9. The van der Waals surface area contributed by atoms with Crippen molar-refractivity contribution in [3.63, 3.8) is 0 Å². The van der Waals surface area contributed by atoms with Gasteiger partial charge < -0.3 is 10.1 Å². The number of amides is 1. The Kier molecular flexibility index (Phi) is 7.82. The number of rotatable bonds is 9. The second-order valence-corrected chi connectivity index (χ2v) is 8.48.